The Labute approximate surface area is 150 Å². The number of rotatable bonds is 6. The normalized spacial score (nSPS) is 11.1. The maximum Gasteiger partial charge on any atom is 0.201 e. The number of benzene rings is 2. The third-order valence-electron chi connectivity index (χ3n) is 3.55. The minimum absolute atomic E-state index is 0.687. The minimum Gasteiger partial charge on any atom is -0.356 e. The molecular weight excluding hydrogens is 353 g/mol. The van der Waals surface area contributed by atoms with E-state index < -0.39 is 0 Å². The molecule has 6 heteroatoms. The monoisotopic (exact) mass is 367 g/mol. The maximum absolute atomic E-state index is 6.00. The van der Waals surface area contributed by atoms with E-state index in [4.69, 9.17) is 34.8 Å². The average Bonchev–Trinajstić information content (AvgIpc) is 2.87. The van der Waals surface area contributed by atoms with Crippen LogP contribution in [0, 0.1) is 0 Å². The quantitative estimate of drug-likeness (QED) is 0.527. The molecule has 1 aromatic heterocycles. The van der Waals surface area contributed by atoms with Gasteiger partial charge in [-0.25, -0.2) is 4.98 Å². The van der Waals surface area contributed by atoms with Crippen molar-refractivity contribution in [3.8, 4) is 0 Å². The number of fused-ring (bicyclic) bond motifs is 1. The lowest BCUT2D eigenvalue weighted by atomic mass is 10.1. The second kappa shape index (κ2) is 7.43. The number of halogens is 3. The first-order valence-corrected chi connectivity index (χ1v) is 8.58. The topological polar surface area (TPSA) is 40.7 Å². The van der Waals surface area contributed by atoms with Gasteiger partial charge in [-0.1, -0.05) is 34.8 Å². The summed E-state index contributed by atoms with van der Waals surface area (Å²) in [6.45, 7) is 0.849. The molecule has 0 saturated heterocycles. The number of H-pyrrole nitrogens is 1. The summed E-state index contributed by atoms with van der Waals surface area (Å²) in [6, 6.07) is 11.3. The highest BCUT2D eigenvalue weighted by Gasteiger charge is 2.03. The zero-order valence-corrected chi connectivity index (χ0v) is 14.6. The van der Waals surface area contributed by atoms with Crippen LogP contribution in [-0.2, 0) is 6.42 Å². The number of aromatic nitrogens is 2. The standard InChI is InChI=1S/C17H16Cl3N3/c18-12-4-5-15-16(10-12)23-17(22-15)21-6-2-1-3-11-7-13(19)9-14(20)8-11/h4-5,7-10H,1-3,6H2,(H2,21,22,23). The van der Waals surface area contributed by atoms with Crippen LogP contribution in [0.25, 0.3) is 11.0 Å². The summed E-state index contributed by atoms with van der Waals surface area (Å²) >= 11 is 18.0. The fourth-order valence-corrected chi connectivity index (χ4v) is 3.23. The lowest BCUT2D eigenvalue weighted by Crippen LogP contribution is -2.03. The Morgan fingerprint density at radius 3 is 2.48 bits per heavy atom. The van der Waals surface area contributed by atoms with Gasteiger partial charge in [0.1, 0.15) is 0 Å². The van der Waals surface area contributed by atoms with Gasteiger partial charge in [-0.05, 0) is 61.2 Å². The number of imidazole rings is 1. The van der Waals surface area contributed by atoms with Crippen LogP contribution in [0.1, 0.15) is 18.4 Å². The molecule has 0 bridgehead atoms. The van der Waals surface area contributed by atoms with Gasteiger partial charge in [-0.2, -0.15) is 0 Å². The van der Waals surface area contributed by atoms with Gasteiger partial charge in [0, 0.05) is 21.6 Å². The molecule has 0 fully saturated rings. The molecule has 0 radical (unpaired) electrons. The Balaban J connectivity index is 1.47. The van der Waals surface area contributed by atoms with Crippen molar-refractivity contribution in [2.45, 2.75) is 19.3 Å². The molecule has 0 aliphatic carbocycles. The molecule has 23 heavy (non-hydrogen) atoms. The number of hydrogen-bond acceptors (Lipinski definition) is 2. The number of aryl methyl sites for hydroxylation is 1. The summed E-state index contributed by atoms with van der Waals surface area (Å²) < 4.78 is 0. The zero-order valence-electron chi connectivity index (χ0n) is 12.4. The van der Waals surface area contributed by atoms with E-state index >= 15 is 0 Å². The fraction of sp³-hybridized carbons (Fsp3) is 0.235. The second-order valence-corrected chi connectivity index (χ2v) is 6.72. The number of unbranched alkanes of at least 4 members (excludes halogenated alkanes) is 1. The Morgan fingerprint density at radius 2 is 1.70 bits per heavy atom. The minimum atomic E-state index is 0.687. The molecule has 3 nitrogen and oxygen atoms in total. The number of anilines is 1. The smallest absolute Gasteiger partial charge is 0.201 e. The van der Waals surface area contributed by atoms with Crippen LogP contribution in [-0.4, -0.2) is 16.5 Å². The average molecular weight is 369 g/mol. The molecule has 120 valence electrons. The summed E-state index contributed by atoms with van der Waals surface area (Å²) in [5.74, 6) is 0.771. The molecule has 3 rings (SSSR count). The second-order valence-electron chi connectivity index (χ2n) is 5.41. The Hall–Kier alpha value is -1.42. The van der Waals surface area contributed by atoms with E-state index in [1.807, 2.05) is 30.3 Å². The van der Waals surface area contributed by atoms with Crippen LogP contribution in [0.2, 0.25) is 15.1 Å². The number of nitrogens with one attached hydrogen (secondary N) is 2. The Bertz CT molecular complexity index is 794. The summed E-state index contributed by atoms with van der Waals surface area (Å²) in [7, 11) is 0. The van der Waals surface area contributed by atoms with Crippen LogP contribution >= 0.6 is 34.8 Å². The van der Waals surface area contributed by atoms with Crippen molar-refractivity contribution in [3.63, 3.8) is 0 Å². The van der Waals surface area contributed by atoms with Crippen molar-refractivity contribution in [1.82, 2.24) is 9.97 Å². The number of aromatic amines is 1. The van der Waals surface area contributed by atoms with Crippen LogP contribution in [0.5, 0.6) is 0 Å². The van der Waals surface area contributed by atoms with E-state index in [0.29, 0.717) is 15.1 Å². The molecule has 2 aromatic carbocycles. The van der Waals surface area contributed by atoms with E-state index in [0.717, 1.165) is 42.8 Å². The molecule has 0 amide bonds. The summed E-state index contributed by atoms with van der Waals surface area (Å²) in [5.41, 5.74) is 3.01. The lowest BCUT2D eigenvalue weighted by Gasteiger charge is -2.04. The number of hydrogen-bond donors (Lipinski definition) is 2. The third-order valence-corrected chi connectivity index (χ3v) is 4.22. The van der Waals surface area contributed by atoms with E-state index in [9.17, 15) is 0 Å². The SMILES string of the molecule is Clc1cc(Cl)cc(CCCCNc2nc3ccc(Cl)cc3[nH]2)c1. The molecule has 3 aromatic rings. The van der Waals surface area contributed by atoms with Crippen LogP contribution in [0.15, 0.2) is 36.4 Å². The molecule has 0 unspecified atom stereocenters. The van der Waals surface area contributed by atoms with Gasteiger partial charge in [-0.15, -0.1) is 0 Å². The predicted octanol–water partition coefficient (Wildman–Crippen LogP) is 5.96. The third kappa shape index (κ3) is 4.54. The highest BCUT2D eigenvalue weighted by atomic mass is 35.5. The van der Waals surface area contributed by atoms with Gasteiger partial charge in [0.15, 0.2) is 0 Å². The molecule has 0 spiro atoms. The molecule has 0 aliphatic heterocycles. The van der Waals surface area contributed by atoms with E-state index in [2.05, 4.69) is 15.3 Å². The van der Waals surface area contributed by atoms with Crippen LogP contribution < -0.4 is 5.32 Å². The maximum atomic E-state index is 6.00. The highest BCUT2D eigenvalue weighted by molar-refractivity contribution is 6.34. The summed E-state index contributed by atoms with van der Waals surface area (Å²) in [6.07, 6.45) is 3.04. The van der Waals surface area contributed by atoms with Crippen molar-refractivity contribution in [2.24, 2.45) is 0 Å². The fourth-order valence-electron chi connectivity index (χ4n) is 2.48. The van der Waals surface area contributed by atoms with Gasteiger partial charge in [0.05, 0.1) is 11.0 Å². The molecule has 1 heterocycles. The summed E-state index contributed by atoms with van der Waals surface area (Å²) in [5, 5.41) is 5.38. The van der Waals surface area contributed by atoms with Gasteiger partial charge in [0.2, 0.25) is 5.95 Å². The largest absolute Gasteiger partial charge is 0.356 e. The first-order valence-electron chi connectivity index (χ1n) is 7.44. The van der Waals surface area contributed by atoms with Gasteiger partial charge in [0.25, 0.3) is 0 Å². The molecule has 0 aliphatic rings. The Kier molecular flexibility index (Phi) is 5.31. The predicted molar refractivity (Wildman–Crippen MR) is 99.0 cm³/mol. The zero-order chi connectivity index (χ0) is 16.2. The van der Waals surface area contributed by atoms with Crippen LogP contribution in [0.4, 0.5) is 5.95 Å². The molecular formula is C17H16Cl3N3. The van der Waals surface area contributed by atoms with Crippen LogP contribution in [0.3, 0.4) is 0 Å². The molecule has 0 atom stereocenters. The molecule has 2 N–H and O–H groups in total. The first kappa shape index (κ1) is 16.4. The van der Waals surface area contributed by atoms with E-state index in [1.54, 1.807) is 6.07 Å². The Morgan fingerprint density at radius 1 is 0.913 bits per heavy atom. The lowest BCUT2D eigenvalue weighted by molar-refractivity contribution is 0.760. The van der Waals surface area contributed by atoms with Crippen molar-refractivity contribution < 1.29 is 0 Å². The van der Waals surface area contributed by atoms with Gasteiger partial charge < -0.3 is 10.3 Å². The van der Waals surface area contributed by atoms with Crippen molar-refractivity contribution in [1.29, 1.82) is 0 Å². The van der Waals surface area contributed by atoms with Gasteiger partial charge >= 0.3 is 0 Å². The van der Waals surface area contributed by atoms with Crippen molar-refractivity contribution >= 4 is 51.8 Å². The summed E-state index contributed by atoms with van der Waals surface area (Å²) in [4.78, 5) is 7.69. The van der Waals surface area contributed by atoms with Crippen molar-refractivity contribution in [3.05, 3.63) is 57.0 Å². The van der Waals surface area contributed by atoms with E-state index in [-0.39, 0.29) is 0 Å². The van der Waals surface area contributed by atoms with Gasteiger partial charge in [-0.3, -0.25) is 0 Å². The highest BCUT2D eigenvalue weighted by Crippen LogP contribution is 2.21. The van der Waals surface area contributed by atoms with E-state index in [1.165, 1.54) is 5.56 Å². The molecule has 0 saturated carbocycles. The number of nitrogens with zero attached hydrogens (tertiary/aromatic N) is 1. The first-order chi connectivity index (χ1) is 11.1. The van der Waals surface area contributed by atoms with Crippen molar-refractivity contribution in [2.75, 3.05) is 11.9 Å².